The highest BCUT2D eigenvalue weighted by Gasteiger charge is 2.16. The fourth-order valence-corrected chi connectivity index (χ4v) is 3.62. The van der Waals surface area contributed by atoms with Gasteiger partial charge in [0.25, 0.3) is 0 Å². The normalized spacial score (nSPS) is 20.4. The van der Waals surface area contributed by atoms with Crippen molar-refractivity contribution in [2.24, 2.45) is 5.92 Å². The number of benzene rings is 1. The Morgan fingerprint density at radius 3 is 2.95 bits per heavy atom. The molecule has 110 valence electrons. The molecule has 3 rings (SSSR count). The molecule has 1 aliphatic heterocycles. The number of nitrogens with one attached hydrogen (secondary N) is 1. The molecule has 1 saturated carbocycles. The predicted molar refractivity (Wildman–Crippen MR) is 83.1 cm³/mol. The Balaban J connectivity index is 1.46. The summed E-state index contributed by atoms with van der Waals surface area (Å²) >= 11 is 0. The van der Waals surface area contributed by atoms with Crippen LogP contribution in [0, 0.1) is 5.92 Å². The van der Waals surface area contributed by atoms with E-state index in [9.17, 15) is 0 Å². The largest absolute Gasteiger partial charge is 0.493 e. The van der Waals surface area contributed by atoms with Gasteiger partial charge < -0.3 is 10.1 Å². The minimum absolute atomic E-state index is 0.618. The van der Waals surface area contributed by atoms with Gasteiger partial charge in [-0.1, -0.05) is 44.2 Å². The third-order valence-electron chi connectivity index (χ3n) is 4.83. The minimum atomic E-state index is 0.618. The van der Waals surface area contributed by atoms with Gasteiger partial charge in [0.2, 0.25) is 0 Å². The molecule has 0 saturated heterocycles. The van der Waals surface area contributed by atoms with Crippen molar-refractivity contribution in [2.75, 3.05) is 6.61 Å². The molecule has 1 fully saturated rings. The first-order valence-corrected chi connectivity index (χ1v) is 8.29. The summed E-state index contributed by atoms with van der Waals surface area (Å²) in [6, 6.07) is 7.30. The molecule has 2 aliphatic rings. The van der Waals surface area contributed by atoms with Crippen molar-refractivity contribution >= 4 is 0 Å². The summed E-state index contributed by atoms with van der Waals surface area (Å²) in [4.78, 5) is 0. The quantitative estimate of drug-likeness (QED) is 0.873. The van der Waals surface area contributed by atoms with Gasteiger partial charge >= 0.3 is 0 Å². The number of hydrogen-bond acceptors (Lipinski definition) is 2. The van der Waals surface area contributed by atoms with Crippen molar-refractivity contribution in [2.45, 2.75) is 64.5 Å². The second-order valence-electron chi connectivity index (χ2n) is 6.56. The molecule has 1 atom stereocenters. The van der Waals surface area contributed by atoms with Crippen LogP contribution in [0.4, 0.5) is 0 Å². The van der Waals surface area contributed by atoms with Crippen molar-refractivity contribution in [3.05, 3.63) is 29.3 Å². The van der Waals surface area contributed by atoms with E-state index in [1.54, 1.807) is 0 Å². The van der Waals surface area contributed by atoms with Gasteiger partial charge in [0.1, 0.15) is 5.75 Å². The average molecular weight is 273 g/mol. The van der Waals surface area contributed by atoms with Crippen LogP contribution in [0.15, 0.2) is 18.2 Å². The topological polar surface area (TPSA) is 21.3 Å². The van der Waals surface area contributed by atoms with Gasteiger partial charge in [0.15, 0.2) is 0 Å². The summed E-state index contributed by atoms with van der Waals surface area (Å²) in [5.74, 6) is 2.05. The molecule has 0 bridgehead atoms. The summed E-state index contributed by atoms with van der Waals surface area (Å²) in [6.45, 7) is 4.15. The van der Waals surface area contributed by atoms with Crippen LogP contribution in [0.5, 0.6) is 5.75 Å². The second kappa shape index (κ2) is 6.62. The summed E-state index contributed by atoms with van der Waals surface area (Å²) < 4.78 is 5.64. The van der Waals surface area contributed by atoms with E-state index in [4.69, 9.17) is 4.74 Å². The van der Waals surface area contributed by atoms with E-state index < -0.39 is 0 Å². The lowest BCUT2D eigenvalue weighted by molar-refractivity contribution is 0.304. The zero-order valence-electron chi connectivity index (χ0n) is 12.7. The lowest BCUT2D eigenvalue weighted by Crippen LogP contribution is -2.28. The van der Waals surface area contributed by atoms with E-state index in [0.717, 1.165) is 31.2 Å². The smallest absolute Gasteiger partial charge is 0.122 e. The maximum atomic E-state index is 5.64. The molecule has 1 aromatic carbocycles. The Bertz CT molecular complexity index is 437. The Morgan fingerprint density at radius 1 is 1.25 bits per heavy atom. The fourth-order valence-electron chi connectivity index (χ4n) is 3.62. The number of fused-ring (bicyclic) bond motifs is 1. The molecule has 0 radical (unpaired) electrons. The van der Waals surface area contributed by atoms with Crippen molar-refractivity contribution in [1.29, 1.82) is 0 Å². The van der Waals surface area contributed by atoms with E-state index in [1.807, 2.05) is 0 Å². The summed E-state index contributed by atoms with van der Waals surface area (Å²) in [5, 5.41) is 3.68. The van der Waals surface area contributed by atoms with Gasteiger partial charge in [-0.15, -0.1) is 0 Å². The Hall–Kier alpha value is -1.02. The van der Waals surface area contributed by atoms with Crippen LogP contribution in [0.2, 0.25) is 0 Å². The molecule has 1 heterocycles. The Labute approximate surface area is 122 Å². The maximum Gasteiger partial charge on any atom is 0.122 e. The number of rotatable bonds is 5. The fraction of sp³-hybridized carbons (Fsp3) is 0.667. The van der Waals surface area contributed by atoms with Crippen LogP contribution < -0.4 is 10.1 Å². The maximum absolute atomic E-state index is 5.64. The average Bonchev–Trinajstić information content (AvgIpc) is 2.93. The molecule has 2 nitrogen and oxygen atoms in total. The number of ether oxygens (including phenoxy) is 1. The second-order valence-corrected chi connectivity index (χ2v) is 6.56. The highest BCUT2D eigenvalue weighted by Crippen LogP contribution is 2.28. The molecule has 0 aromatic heterocycles. The monoisotopic (exact) mass is 273 g/mol. The lowest BCUT2D eigenvalue weighted by atomic mass is 9.85. The predicted octanol–water partition coefficient (Wildman–Crippen LogP) is 4.07. The van der Waals surface area contributed by atoms with Crippen molar-refractivity contribution in [3.8, 4) is 5.75 Å². The van der Waals surface area contributed by atoms with Crippen LogP contribution in [-0.4, -0.2) is 12.6 Å². The summed E-state index contributed by atoms with van der Waals surface area (Å²) in [7, 11) is 0. The summed E-state index contributed by atoms with van der Waals surface area (Å²) in [5.41, 5.74) is 2.71. The molecule has 1 aromatic rings. The SMILES string of the molecule is CC(CC1CCCCC1)NCc1ccc2c(c1)OCC2. The molecule has 0 amide bonds. The van der Waals surface area contributed by atoms with E-state index in [-0.39, 0.29) is 0 Å². The van der Waals surface area contributed by atoms with E-state index in [1.165, 1.54) is 49.7 Å². The highest BCUT2D eigenvalue weighted by atomic mass is 16.5. The van der Waals surface area contributed by atoms with E-state index >= 15 is 0 Å². The van der Waals surface area contributed by atoms with Gasteiger partial charge in [-0.25, -0.2) is 0 Å². The van der Waals surface area contributed by atoms with Crippen LogP contribution in [0.3, 0.4) is 0 Å². The first kappa shape index (κ1) is 13.9. The lowest BCUT2D eigenvalue weighted by Gasteiger charge is -2.25. The number of hydrogen-bond donors (Lipinski definition) is 1. The van der Waals surface area contributed by atoms with Gasteiger partial charge in [-0.3, -0.25) is 0 Å². The van der Waals surface area contributed by atoms with Gasteiger partial charge in [0, 0.05) is 19.0 Å². The third-order valence-corrected chi connectivity index (χ3v) is 4.83. The van der Waals surface area contributed by atoms with Crippen molar-refractivity contribution in [1.82, 2.24) is 5.32 Å². The van der Waals surface area contributed by atoms with Crippen LogP contribution >= 0.6 is 0 Å². The Kier molecular flexibility index (Phi) is 4.62. The molecule has 1 N–H and O–H groups in total. The van der Waals surface area contributed by atoms with Gasteiger partial charge in [-0.2, -0.15) is 0 Å². The molecular formula is C18H27NO. The first-order chi connectivity index (χ1) is 9.81. The minimum Gasteiger partial charge on any atom is -0.493 e. The van der Waals surface area contributed by atoms with Crippen molar-refractivity contribution < 1.29 is 4.74 Å². The third kappa shape index (κ3) is 3.54. The molecule has 2 heteroatoms. The van der Waals surface area contributed by atoms with Crippen LogP contribution in [-0.2, 0) is 13.0 Å². The van der Waals surface area contributed by atoms with E-state index in [0.29, 0.717) is 6.04 Å². The first-order valence-electron chi connectivity index (χ1n) is 8.29. The van der Waals surface area contributed by atoms with Crippen molar-refractivity contribution in [3.63, 3.8) is 0 Å². The summed E-state index contributed by atoms with van der Waals surface area (Å²) in [6.07, 6.45) is 9.63. The Morgan fingerprint density at radius 2 is 2.10 bits per heavy atom. The zero-order valence-corrected chi connectivity index (χ0v) is 12.7. The highest BCUT2D eigenvalue weighted by molar-refractivity contribution is 5.40. The standard InChI is InChI=1S/C18H27NO/c1-14(11-15-5-3-2-4-6-15)19-13-16-7-8-17-9-10-20-18(17)12-16/h7-8,12,14-15,19H,2-6,9-11,13H2,1H3. The molecule has 0 spiro atoms. The van der Waals surface area contributed by atoms with Gasteiger partial charge in [0.05, 0.1) is 6.61 Å². The van der Waals surface area contributed by atoms with Gasteiger partial charge in [-0.05, 0) is 36.5 Å². The molecule has 20 heavy (non-hydrogen) atoms. The molecular weight excluding hydrogens is 246 g/mol. The van der Waals surface area contributed by atoms with Crippen LogP contribution in [0.1, 0.15) is 56.6 Å². The van der Waals surface area contributed by atoms with E-state index in [2.05, 4.69) is 30.4 Å². The molecule has 1 aliphatic carbocycles. The zero-order chi connectivity index (χ0) is 13.8. The molecule has 1 unspecified atom stereocenters. The van der Waals surface area contributed by atoms with Crippen LogP contribution in [0.25, 0.3) is 0 Å².